The molecule has 27 heavy (non-hydrogen) atoms. The molecule has 0 saturated carbocycles. The molecule has 0 radical (unpaired) electrons. The molecule has 1 heterocycles. The highest BCUT2D eigenvalue weighted by molar-refractivity contribution is 6.08. The average molecular weight is 365 g/mol. The lowest BCUT2D eigenvalue weighted by Crippen LogP contribution is -2.41. The standard InChI is InChI=1S/C22H27N3O2/c1-25-19-11-6-5-10-18(19)22(21(25)27,16-17-8-3-2-4-9-17)13-12-20(26)24-15-7-14-23/h2-6,8-11H,7,12-16,23H2,1H3,(H,24,26)/t22-/m1/s1. The molecule has 0 unspecified atom stereocenters. The van der Waals surface area contributed by atoms with Crippen molar-refractivity contribution in [1.29, 1.82) is 0 Å². The van der Waals surface area contributed by atoms with Gasteiger partial charge in [-0.25, -0.2) is 0 Å². The summed E-state index contributed by atoms with van der Waals surface area (Å²) in [6, 6.07) is 17.9. The maximum absolute atomic E-state index is 13.3. The van der Waals surface area contributed by atoms with Gasteiger partial charge in [-0.2, -0.15) is 0 Å². The third kappa shape index (κ3) is 3.88. The number of fused-ring (bicyclic) bond motifs is 1. The molecular formula is C22H27N3O2. The molecule has 1 atom stereocenters. The number of likely N-dealkylation sites (N-methyl/N-ethyl adjacent to an activating group) is 1. The summed E-state index contributed by atoms with van der Waals surface area (Å²) in [5.74, 6) is 0.0260. The molecule has 3 rings (SSSR count). The van der Waals surface area contributed by atoms with Crippen molar-refractivity contribution in [2.75, 3.05) is 25.0 Å². The Bertz CT molecular complexity index is 806. The maximum atomic E-state index is 13.3. The molecule has 2 aromatic carbocycles. The summed E-state index contributed by atoms with van der Waals surface area (Å²) in [4.78, 5) is 27.4. The lowest BCUT2D eigenvalue weighted by atomic mass is 9.73. The Kier molecular flexibility index (Phi) is 5.91. The van der Waals surface area contributed by atoms with E-state index in [0.29, 0.717) is 32.4 Å². The average Bonchev–Trinajstić information content (AvgIpc) is 2.90. The number of amides is 2. The number of carbonyl (C=O) groups is 2. The van der Waals surface area contributed by atoms with Crippen LogP contribution in [0.4, 0.5) is 5.69 Å². The number of rotatable bonds is 8. The molecule has 1 aliphatic rings. The van der Waals surface area contributed by atoms with E-state index in [0.717, 1.165) is 23.2 Å². The number of para-hydroxylation sites is 1. The number of hydrogen-bond donors (Lipinski definition) is 2. The summed E-state index contributed by atoms with van der Waals surface area (Å²) in [6.07, 6.45) is 2.14. The van der Waals surface area contributed by atoms with Gasteiger partial charge in [0.2, 0.25) is 11.8 Å². The largest absolute Gasteiger partial charge is 0.356 e. The third-order valence-corrected chi connectivity index (χ3v) is 5.33. The van der Waals surface area contributed by atoms with E-state index >= 15 is 0 Å². The first kappa shape index (κ1) is 19.1. The molecule has 0 spiro atoms. The van der Waals surface area contributed by atoms with Crippen molar-refractivity contribution in [3.8, 4) is 0 Å². The first-order valence-electron chi connectivity index (χ1n) is 9.47. The Morgan fingerprint density at radius 2 is 1.81 bits per heavy atom. The molecule has 5 heteroatoms. The summed E-state index contributed by atoms with van der Waals surface area (Å²) in [5.41, 5.74) is 7.81. The minimum absolute atomic E-state index is 0.0317. The van der Waals surface area contributed by atoms with Crippen LogP contribution in [0.3, 0.4) is 0 Å². The van der Waals surface area contributed by atoms with Gasteiger partial charge in [-0.05, 0) is 43.0 Å². The zero-order valence-corrected chi connectivity index (χ0v) is 15.8. The molecular weight excluding hydrogens is 338 g/mol. The van der Waals surface area contributed by atoms with Gasteiger partial charge in [0.25, 0.3) is 0 Å². The SMILES string of the molecule is CN1C(=O)[C@](CCC(=O)NCCCN)(Cc2ccccc2)c2ccccc21. The Morgan fingerprint density at radius 1 is 1.11 bits per heavy atom. The van der Waals surface area contributed by atoms with Crippen molar-refractivity contribution >= 4 is 17.5 Å². The van der Waals surface area contributed by atoms with Crippen molar-refractivity contribution in [1.82, 2.24) is 5.32 Å². The molecule has 0 aliphatic carbocycles. The number of benzene rings is 2. The van der Waals surface area contributed by atoms with Gasteiger partial charge in [0.1, 0.15) is 0 Å². The second-order valence-corrected chi connectivity index (χ2v) is 7.12. The van der Waals surface area contributed by atoms with E-state index in [-0.39, 0.29) is 11.8 Å². The van der Waals surface area contributed by atoms with Gasteiger partial charge in [-0.3, -0.25) is 9.59 Å². The van der Waals surface area contributed by atoms with Crippen LogP contribution < -0.4 is 16.0 Å². The second kappa shape index (κ2) is 8.35. The highest BCUT2D eigenvalue weighted by Gasteiger charge is 2.49. The fraction of sp³-hybridized carbons (Fsp3) is 0.364. The van der Waals surface area contributed by atoms with E-state index < -0.39 is 5.41 Å². The van der Waals surface area contributed by atoms with E-state index in [1.54, 1.807) is 4.90 Å². The van der Waals surface area contributed by atoms with Gasteiger partial charge in [-0.1, -0.05) is 48.5 Å². The highest BCUT2D eigenvalue weighted by Crippen LogP contribution is 2.46. The van der Waals surface area contributed by atoms with Crippen LogP contribution in [0.15, 0.2) is 54.6 Å². The van der Waals surface area contributed by atoms with E-state index in [2.05, 4.69) is 5.32 Å². The normalized spacial score (nSPS) is 18.4. The number of anilines is 1. The van der Waals surface area contributed by atoms with Gasteiger partial charge in [0.05, 0.1) is 5.41 Å². The minimum atomic E-state index is -0.710. The summed E-state index contributed by atoms with van der Waals surface area (Å²) < 4.78 is 0. The van der Waals surface area contributed by atoms with Crippen LogP contribution >= 0.6 is 0 Å². The van der Waals surface area contributed by atoms with Crippen LogP contribution in [-0.2, 0) is 21.4 Å². The van der Waals surface area contributed by atoms with E-state index in [1.807, 2.05) is 61.6 Å². The Morgan fingerprint density at radius 3 is 2.56 bits per heavy atom. The molecule has 0 aromatic heterocycles. The van der Waals surface area contributed by atoms with Gasteiger partial charge >= 0.3 is 0 Å². The quantitative estimate of drug-likeness (QED) is 0.705. The van der Waals surface area contributed by atoms with E-state index in [1.165, 1.54) is 0 Å². The molecule has 1 aliphatic heterocycles. The smallest absolute Gasteiger partial charge is 0.237 e. The second-order valence-electron chi connectivity index (χ2n) is 7.12. The predicted molar refractivity (Wildman–Crippen MR) is 108 cm³/mol. The monoisotopic (exact) mass is 365 g/mol. The Hall–Kier alpha value is -2.66. The number of nitrogens with two attached hydrogens (primary N) is 1. The fourth-order valence-electron chi connectivity index (χ4n) is 3.91. The lowest BCUT2D eigenvalue weighted by Gasteiger charge is -2.28. The highest BCUT2D eigenvalue weighted by atomic mass is 16.2. The van der Waals surface area contributed by atoms with Crippen molar-refractivity contribution in [2.24, 2.45) is 5.73 Å². The molecule has 5 nitrogen and oxygen atoms in total. The maximum Gasteiger partial charge on any atom is 0.237 e. The molecule has 0 bridgehead atoms. The summed E-state index contributed by atoms with van der Waals surface area (Å²) in [5, 5.41) is 2.89. The van der Waals surface area contributed by atoms with Crippen molar-refractivity contribution < 1.29 is 9.59 Å². The topological polar surface area (TPSA) is 75.4 Å². The minimum Gasteiger partial charge on any atom is -0.356 e. The van der Waals surface area contributed by atoms with Gasteiger partial charge < -0.3 is 16.0 Å². The number of nitrogens with zero attached hydrogens (tertiary/aromatic N) is 1. The first-order chi connectivity index (χ1) is 13.1. The van der Waals surface area contributed by atoms with Crippen LogP contribution in [0.2, 0.25) is 0 Å². The zero-order valence-electron chi connectivity index (χ0n) is 15.8. The van der Waals surface area contributed by atoms with E-state index in [9.17, 15) is 9.59 Å². The van der Waals surface area contributed by atoms with Crippen molar-refractivity contribution in [3.05, 3.63) is 65.7 Å². The van der Waals surface area contributed by atoms with Crippen LogP contribution in [0.5, 0.6) is 0 Å². The molecule has 0 saturated heterocycles. The van der Waals surface area contributed by atoms with Gasteiger partial charge in [-0.15, -0.1) is 0 Å². The van der Waals surface area contributed by atoms with Crippen LogP contribution in [0, 0.1) is 0 Å². The Balaban J connectivity index is 1.89. The number of hydrogen-bond acceptors (Lipinski definition) is 3. The number of carbonyl (C=O) groups excluding carboxylic acids is 2. The number of nitrogens with one attached hydrogen (secondary N) is 1. The molecule has 142 valence electrons. The van der Waals surface area contributed by atoms with Gasteiger partial charge in [0.15, 0.2) is 0 Å². The van der Waals surface area contributed by atoms with Crippen molar-refractivity contribution in [3.63, 3.8) is 0 Å². The predicted octanol–water partition coefficient (Wildman–Crippen LogP) is 2.39. The summed E-state index contributed by atoms with van der Waals surface area (Å²) >= 11 is 0. The van der Waals surface area contributed by atoms with Crippen LogP contribution in [0.25, 0.3) is 0 Å². The first-order valence-corrected chi connectivity index (χ1v) is 9.47. The molecule has 2 aromatic rings. The van der Waals surface area contributed by atoms with Gasteiger partial charge in [0, 0.05) is 25.7 Å². The van der Waals surface area contributed by atoms with Crippen LogP contribution in [0.1, 0.15) is 30.4 Å². The molecule has 0 fully saturated rings. The molecule has 3 N–H and O–H groups in total. The lowest BCUT2D eigenvalue weighted by molar-refractivity contribution is -0.124. The summed E-state index contributed by atoms with van der Waals surface area (Å²) in [6.45, 7) is 1.13. The van der Waals surface area contributed by atoms with Crippen LogP contribution in [-0.4, -0.2) is 32.0 Å². The third-order valence-electron chi connectivity index (χ3n) is 5.33. The van der Waals surface area contributed by atoms with E-state index in [4.69, 9.17) is 5.73 Å². The Labute approximate surface area is 160 Å². The fourth-order valence-corrected chi connectivity index (χ4v) is 3.91. The summed E-state index contributed by atoms with van der Waals surface area (Å²) in [7, 11) is 1.81. The molecule has 2 amide bonds. The zero-order chi connectivity index (χ0) is 19.3. The van der Waals surface area contributed by atoms with Crippen molar-refractivity contribution in [2.45, 2.75) is 31.1 Å².